The molecule has 1 fully saturated rings. The Morgan fingerprint density at radius 1 is 1.29 bits per heavy atom. The van der Waals surface area contributed by atoms with E-state index in [2.05, 4.69) is 20.4 Å². The molecule has 0 radical (unpaired) electrons. The van der Waals surface area contributed by atoms with E-state index in [0.29, 0.717) is 29.7 Å². The second kappa shape index (κ2) is 7.97. The average Bonchev–Trinajstić information content (AvgIpc) is 3.31. The van der Waals surface area contributed by atoms with Crippen LogP contribution >= 0.6 is 0 Å². The summed E-state index contributed by atoms with van der Waals surface area (Å²) in [6, 6.07) is 5.05. The standard InChI is InChI=1S/C20H26N6O4S/c1-12-16(13(2)26(24-12)15-6-7-31(29,30)11-15)9-25(3)10-19(27)21-14-4-5-17-18(8-14)23-20(28)22-17/h4-5,8,15H,6-7,9-11H2,1-3H3,(H,21,27)(H2,22,23,28)/t15-/m1/s1. The lowest BCUT2D eigenvalue weighted by Crippen LogP contribution is -2.30. The molecule has 1 aromatic carbocycles. The summed E-state index contributed by atoms with van der Waals surface area (Å²) in [6.07, 6.45) is 0.582. The molecular weight excluding hydrogens is 420 g/mol. The zero-order valence-electron chi connectivity index (χ0n) is 17.7. The number of nitrogens with zero attached hydrogens (tertiary/aromatic N) is 3. The summed E-state index contributed by atoms with van der Waals surface area (Å²) >= 11 is 0. The van der Waals surface area contributed by atoms with Gasteiger partial charge >= 0.3 is 5.69 Å². The number of sulfone groups is 1. The molecule has 4 rings (SSSR count). The zero-order valence-corrected chi connectivity index (χ0v) is 18.5. The van der Waals surface area contributed by atoms with Crippen molar-refractivity contribution in [2.45, 2.75) is 32.9 Å². The van der Waals surface area contributed by atoms with Crippen molar-refractivity contribution < 1.29 is 13.2 Å². The Balaban J connectivity index is 1.40. The van der Waals surface area contributed by atoms with Gasteiger partial charge in [0.05, 0.1) is 40.8 Å². The van der Waals surface area contributed by atoms with Crippen molar-refractivity contribution in [3.05, 3.63) is 45.6 Å². The lowest BCUT2D eigenvalue weighted by atomic mass is 10.1. The van der Waals surface area contributed by atoms with Gasteiger partial charge in [-0.25, -0.2) is 13.2 Å². The van der Waals surface area contributed by atoms with Gasteiger partial charge in [-0.3, -0.25) is 14.4 Å². The lowest BCUT2D eigenvalue weighted by Gasteiger charge is -2.17. The number of aromatic nitrogens is 4. The molecule has 166 valence electrons. The fourth-order valence-corrected chi connectivity index (χ4v) is 5.82. The summed E-state index contributed by atoms with van der Waals surface area (Å²) in [5.74, 6) is 0.154. The van der Waals surface area contributed by atoms with Crippen LogP contribution in [0.4, 0.5) is 5.69 Å². The minimum absolute atomic E-state index is 0.124. The average molecular weight is 447 g/mol. The highest BCUT2D eigenvalue weighted by Crippen LogP contribution is 2.27. The van der Waals surface area contributed by atoms with Crippen molar-refractivity contribution in [2.75, 3.05) is 30.4 Å². The molecule has 2 aromatic heterocycles. The number of rotatable bonds is 6. The summed E-state index contributed by atoms with van der Waals surface area (Å²) in [4.78, 5) is 31.1. The SMILES string of the molecule is Cc1nn([C@@H]2CCS(=O)(=O)C2)c(C)c1CN(C)CC(=O)Nc1ccc2[nH]c(=O)[nH]c2c1. The van der Waals surface area contributed by atoms with Crippen LogP contribution in [0.15, 0.2) is 23.0 Å². The summed E-state index contributed by atoms with van der Waals surface area (Å²) in [7, 11) is -1.14. The van der Waals surface area contributed by atoms with Gasteiger partial charge in [0.1, 0.15) is 0 Å². The van der Waals surface area contributed by atoms with Gasteiger partial charge in [0.2, 0.25) is 5.91 Å². The van der Waals surface area contributed by atoms with E-state index in [1.165, 1.54) is 0 Å². The van der Waals surface area contributed by atoms with Crippen molar-refractivity contribution in [3.63, 3.8) is 0 Å². The minimum atomic E-state index is -2.99. The number of hydrogen-bond acceptors (Lipinski definition) is 6. The molecule has 3 heterocycles. The molecule has 0 unspecified atom stereocenters. The Labute approximate surface area is 179 Å². The van der Waals surface area contributed by atoms with E-state index in [1.54, 1.807) is 18.2 Å². The number of aromatic amines is 2. The molecule has 1 aliphatic rings. The number of H-pyrrole nitrogens is 2. The molecule has 0 spiro atoms. The molecular formula is C20H26N6O4S. The zero-order chi connectivity index (χ0) is 22.3. The molecule has 1 amide bonds. The molecule has 3 N–H and O–H groups in total. The van der Waals surface area contributed by atoms with Crippen LogP contribution in [0.1, 0.15) is 29.4 Å². The first-order valence-electron chi connectivity index (χ1n) is 10.1. The number of nitrogens with one attached hydrogen (secondary N) is 3. The first kappa shape index (κ1) is 21.3. The number of amides is 1. The number of fused-ring (bicyclic) bond motifs is 1. The van der Waals surface area contributed by atoms with E-state index >= 15 is 0 Å². The highest BCUT2D eigenvalue weighted by molar-refractivity contribution is 7.91. The van der Waals surface area contributed by atoms with Crippen molar-refractivity contribution in [3.8, 4) is 0 Å². The van der Waals surface area contributed by atoms with E-state index in [9.17, 15) is 18.0 Å². The third-order valence-electron chi connectivity index (χ3n) is 5.67. The predicted molar refractivity (Wildman–Crippen MR) is 118 cm³/mol. The summed E-state index contributed by atoms with van der Waals surface area (Å²) in [5.41, 5.74) is 4.40. The molecule has 0 aliphatic carbocycles. The summed E-state index contributed by atoms with van der Waals surface area (Å²) in [6.45, 7) is 4.54. The maximum atomic E-state index is 12.5. The Hall–Kier alpha value is -2.92. The van der Waals surface area contributed by atoms with Gasteiger partial charge < -0.3 is 15.3 Å². The molecule has 0 saturated carbocycles. The molecule has 1 aliphatic heterocycles. The molecule has 1 saturated heterocycles. The number of likely N-dealkylation sites (N-methyl/N-ethyl adjacent to an activating group) is 1. The summed E-state index contributed by atoms with van der Waals surface area (Å²) in [5, 5.41) is 7.43. The van der Waals surface area contributed by atoms with Crippen molar-refractivity contribution in [1.82, 2.24) is 24.6 Å². The molecule has 31 heavy (non-hydrogen) atoms. The Morgan fingerprint density at radius 2 is 2.03 bits per heavy atom. The Morgan fingerprint density at radius 3 is 2.74 bits per heavy atom. The molecule has 0 bridgehead atoms. The highest BCUT2D eigenvalue weighted by Gasteiger charge is 2.31. The van der Waals surface area contributed by atoms with Crippen molar-refractivity contribution >= 4 is 32.5 Å². The number of benzene rings is 1. The number of carbonyl (C=O) groups excluding carboxylic acids is 1. The van der Waals surface area contributed by atoms with E-state index < -0.39 is 9.84 Å². The van der Waals surface area contributed by atoms with Crippen molar-refractivity contribution in [2.24, 2.45) is 0 Å². The van der Waals surface area contributed by atoms with Crippen LogP contribution in [0.2, 0.25) is 0 Å². The van der Waals surface area contributed by atoms with Gasteiger partial charge in [-0.2, -0.15) is 5.10 Å². The van der Waals surface area contributed by atoms with Gasteiger partial charge in [-0.1, -0.05) is 0 Å². The predicted octanol–water partition coefficient (Wildman–Crippen LogP) is 1.10. The van der Waals surface area contributed by atoms with Crippen LogP contribution in [-0.2, 0) is 21.2 Å². The third-order valence-corrected chi connectivity index (χ3v) is 7.42. The summed E-state index contributed by atoms with van der Waals surface area (Å²) < 4.78 is 25.5. The third kappa shape index (κ3) is 4.57. The first-order chi connectivity index (χ1) is 14.6. The molecule has 11 heteroatoms. The fourth-order valence-electron chi connectivity index (χ4n) is 4.13. The van der Waals surface area contributed by atoms with Gasteiger partial charge in [-0.05, 0) is 45.5 Å². The second-order valence-corrected chi connectivity index (χ2v) is 10.4. The largest absolute Gasteiger partial charge is 0.325 e. The number of anilines is 1. The van der Waals surface area contributed by atoms with E-state index in [0.717, 1.165) is 17.0 Å². The van der Waals surface area contributed by atoms with Gasteiger partial charge in [0.15, 0.2) is 9.84 Å². The second-order valence-electron chi connectivity index (χ2n) is 8.21. The van der Waals surface area contributed by atoms with Crippen LogP contribution in [-0.4, -0.2) is 64.1 Å². The molecule has 3 aromatic rings. The lowest BCUT2D eigenvalue weighted by molar-refractivity contribution is -0.117. The maximum absolute atomic E-state index is 12.5. The number of aryl methyl sites for hydroxylation is 1. The van der Waals surface area contributed by atoms with Crippen LogP contribution in [0.3, 0.4) is 0 Å². The van der Waals surface area contributed by atoms with Gasteiger partial charge in [0, 0.05) is 23.5 Å². The van der Waals surface area contributed by atoms with E-state index in [1.807, 2.05) is 30.5 Å². The van der Waals surface area contributed by atoms with Gasteiger partial charge in [-0.15, -0.1) is 0 Å². The monoisotopic (exact) mass is 446 g/mol. The van der Waals surface area contributed by atoms with Crippen LogP contribution < -0.4 is 11.0 Å². The van der Waals surface area contributed by atoms with Crippen molar-refractivity contribution in [1.29, 1.82) is 0 Å². The number of imidazole rings is 1. The Bertz CT molecular complexity index is 1300. The maximum Gasteiger partial charge on any atom is 0.323 e. The van der Waals surface area contributed by atoms with E-state index in [4.69, 9.17) is 0 Å². The van der Waals surface area contributed by atoms with Crippen LogP contribution in [0.25, 0.3) is 11.0 Å². The quantitative estimate of drug-likeness (QED) is 0.519. The molecule has 1 atom stereocenters. The van der Waals surface area contributed by atoms with E-state index in [-0.39, 0.29) is 35.7 Å². The Kier molecular flexibility index (Phi) is 5.48. The fraction of sp³-hybridized carbons (Fsp3) is 0.450. The normalized spacial score (nSPS) is 18.1. The topological polar surface area (TPSA) is 133 Å². The first-order valence-corrected chi connectivity index (χ1v) is 11.9. The van der Waals surface area contributed by atoms with Gasteiger partial charge in [0.25, 0.3) is 0 Å². The smallest absolute Gasteiger partial charge is 0.323 e. The van der Waals surface area contributed by atoms with Crippen LogP contribution in [0, 0.1) is 13.8 Å². The highest BCUT2D eigenvalue weighted by atomic mass is 32.2. The number of hydrogen-bond donors (Lipinski definition) is 3. The minimum Gasteiger partial charge on any atom is -0.325 e. The molecule has 10 nitrogen and oxygen atoms in total. The van der Waals surface area contributed by atoms with Crippen LogP contribution in [0.5, 0.6) is 0 Å². The number of carbonyl (C=O) groups is 1.